The molecular weight excluding hydrogens is 288 g/mol. The van der Waals surface area contributed by atoms with Crippen molar-refractivity contribution < 1.29 is 9.53 Å². The zero-order valence-corrected chi connectivity index (χ0v) is 12.5. The first kappa shape index (κ1) is 15.2. The van der Waals surface area contributed by atoms with Gasteiger partial charge in [0.25, 0.3) is 0 Å². The minimum absolute atomic E-state index is 0.0687. The highest BCUT2D eigenvalue weighted by molar-refractivity contribution is 6.30. The molecule has 110 valence electrons. The molecule has 2 N–H and O–H groups in total. The van der Waals surface area contributed by atoms with Gasteiger partial charge >= 0.3 is 0 Å². The minimum Gasteiger partial charge on any atom is -0.497 e. The summed E-state index contributed by atoms with van der Waals surface area (Å²) in [5.41, 5.74) is 1.88. The summed E-state index contributed by atoms with van der Waals surface area (Å²) in [7, 11) is 1.62. The molecule has 0 heterocycles. The number of carbonyl (C=O) groups excluding carboxylic acids is 1. The fourth-order valence-electron chi connectivity index (χ4n) is 1.76. The number of hydrogen-bond acceptors (Lipinski definition) is 3. The topological polar surface area (TPSA) is 50.4 Å². The van der Waals surface area contributed by atoms with E-state index in [4.69, 9.17) is 16.3 Å². The first-order valence-electron chi connectivity index (χ1n) is 6.56. The Bertz CT molecular complexity index is 582. The SMILES string of the molecule is COc1ccc(CNC(=O)CNc2ccc(Cl)cc2)cc1. The molecule has 1 amide bonds. The summed E-state index contributed by atoms with van der Waals surface area (Å²) < 4.78 is 5.08. The zero-order valence-electron chi connectivity index (χ0n) is 11.7. The van der Waals surface area contributed by atoms with Gasteiger partial charge in [-0.3, -0.25) is 4.79 Å². The molecule has 0 atom stereocenters. The zero-order chi connectivity index (χ0) is 15.1. The van der Waals surface area contributed by atoms with Crippen LogP contribution in [0, 0.1) is 0 Å². The molecule has 5 heteroatoms. The molecule has 4 nitrogen and oxygen atoms in total. The molecule has 0 spiro atoms. The molecule has 2 rings (SSSR count). The number of anilines is 1. The number of halogens is 1. The standard InChI is InChI=1S/C16H17ClN2O2/c1-21-15-8-2-12(3-9-15)10-19-16(20)11-18-14-6-4-13(17)5-7-14/h2-9,18H,10-11H2,1H3,(H,19,20). The lowest BCUT2D eigenvalue weighted by Gasteiger charge is -2.08. The number of hydrogen-bond donors (Lipinski definition) is 2. The Hall–Kier alpha value is -2.20. The monoisotopic (exact) mass is 304 g/mol. The van der Waals surface area contributed by atoms with Gasteiger partial charge < -0.3 is 15.4 Å². The molecule has 0 bridgehead atoms. The maximum atomic E-state index is 11.8. The third-order valence-electron chi connectivity index (χ3n) is 2.95. The highest BCUT2D eigenvalue weighted by Gasteiger charge is 2.02. The Kier molecular flexibility index (Phi) is 5.46. The predicted octanol–water partition coefficient (Wildman–Crippen LogP) is 3.08. The summed E-state index contributed by atoms with van der Waals surface area (Å²) in [6.07, 6.45) is 0. The van der Waals surface area contributed by atoms with Crippen LogP contribution in [0.2, 0.25) is 5.02 Å². The van der Waals surface area contributed by atoms with E-state index >= 15 is 0 Å². The maximum Gasteiger partial charge on any atom is 0.239 e. The van der Waals surface area contributed by atoms with Crippen molar-refractivity contribution >= 4 is 23.2 Å². The van der Waals surface area contributed by atoms with E-state index in [0.29, 0.717) is 11.6 Å². The smallest absolute Gasteiger partial charge is 0.239 e. The van der Waals surface area contributed by atoms with Gasteiger partial charge in [-0.15, -0.1) is 0 Å². The lowest BCUT2D eigenvalue weighted by molar-refractivity contribution is -0.119. The quantitative estimate of drug-likeness (QED) is 0.862. The van der Waals surface area contributed by atoms with Gasteiger partial charge in [-0.25, -0.2) is 0 Å². The van der Waals surface area contributed by atoms with Crippen molar-refractivity contribution in [1.82, 2.24) is 5.32 Å². The van der Waals surface area contributed by atoms with Crippen LogP contribution in [0.25, 0.3) is 0 Å². The summed E-state index contributed by atoms with van der Waals surface area (Å²) in [6.45, 7) is 0.711. The highest BCUT2D eigenvalue weighted by atomic mass is 35.5. The van der Waals surface area contributed by atoms with Gasteiger partial charge in [-0.2, -0.15) is 0 Å². The Morgan fingerprint density at radius 2 is 1.76 bits per heavy atom. The summed E-state index contributed by atoms with van der Waals surface area (Å²) in [5, 5.41) is 6.56. The molecule has 0 saturated heterocycles. The van der Waals surface area contributed by atoms with E-state index in [2.05, 4.69) is 10.6 Å². The van der Waals surface area contributed by atoms with Crippen LogP contribution in [0.4, 0.5) is 5.69 Å². The van der Waals surface area contributed by atoms with Crippen molar-refractivity contribution in [3.8, 4) is 5.75 Å². The van der Waals surface area contributed by atoms with Crippen LogP contribution in [-0.4, -0.2) is 19.6 Å². The molecule has 0 fully saturated rings. The average molecular weight is 305 g/mol. The van der Waals surface area contributed by atoms with Crippen molar-refractivity contribution in [2.24, 2.45) is 0 Å². The molecular formula is C16H17ClN2O2. The van der Waals surface area contributed by atoms with Crippen LogP contribution in [0.15, 0.2) is 48.5 Å². The van der Waals surface area contributed by atoms with Gasteiger partial charge in [0.2, 0.25) is 5.91 Å². The number of rotatable bonds is 6. The number of methoxy groups -OCH3 is 1. The molecule has 0 aliphatic heterocycles. The molecule has 0 radical (unpaired) electrons. The Morgan fingerprint density at radius 1 is 1.10 bits per heavy atom. The first-order chi connectivity index (χ1) is 10.2. The minimum atomic E-state index is -0.0687. The Labute approximate surface area is 129 Å². The molecule has 0 saturated carbocycles. The van der Waals surface area contributed by atoms with E-state index < -0.39 is 0 Å². The number of benzene rings is 2. The fourth-order valence-corrected chi connectivity index (χ4v) is 1.88. The van der Waals surface area contributed by atoms with Crippen LogP contribution in [0.3, 0.4) is 0 Å². The fraction of sp³-hybridized carbons (Fsp3) is 0.188. The van der Waals surface area contributed by atoms with E-state index in [-0.39, 0.29) is 12.5 Å². The van der Waals surface area contributed by atoms with Gasteiger partial charge in [0, 0.05) is 17.3 Å². The number of amides is 1. The van der Waals surface area contributed by atoms with Crippen LogP contribution in [-0.2, 0) is 11.3 Å². The number of nitrogens with one attached hydrogen (secondary N) is 2. The number of carbonyl (C=O) groups is 1. The third-order valence-corrected chi connectivity index (χ3v) is 3.20. The second-order valence-corrected chi connectivity index (χ2v) is 4.92. The predicted molar refractivity (Wildman–Crippen MR) is 84.8 cm³/mol. The number of ether oxygens (including phenoxy) is 1. The van der Waals surface area contributed by atoms with Gasteiger partial charge in [0.15, 0.2) is 0 Å². The second-order valence-electron chi connectivity index (χ2n) is 4.49. The first-order valence-corrected chi connectivity index (χ1v) is 6.94. The molecule has 0 aliphatic carbocycles. The van der Waals surface area contributed by atoms with Gasteiger partial charge in [0.1, 0.15) is 5.75 Å². The molecule has 0 aliphatic rings. The van der Waals surface area contributed by atoms with Crippen molar-refractivity contribution in [2.75, 3.05) is 19.0 Å². The normalized spacial score (nSPS) is 10.0. The van der Waals surface area contributed by atoms with Gasteiger partial charge in [-0.1, -0.05) is 23.7 Å². The molecule has 2 aromatic rings. The highest BCUT2D eigenvalue weighted by Crippen LogP contribution is 2.13. The van der Waals surface area contributed by atoms with Crippen LogP contribution < -0.4 is 15.4 Å². The van der Waals surface area contributed by atoms with Crippen LogP contribution >= 0.6 is 11.6 Å². The molecule has 0 unspecified atom stereocenters. The average Bonchev–Trinajstić information content (AvgIpc) is 2.53. The summed E-state index contributed by atoms with van der Waals surface area (Å²) >= 11 is 5.80. The van der Waals surface area contributed by atoms with Crippen molar-refractivity contribution in [2.45, 2.75) is 6.54 Å². The Morgan fingerprint density at radius 3 is 2.38 bits per heavy atom. The van der Waals surface area contributed by atoms with E-state index in [1.165, 1.54) is 0 Å². The lowest BCUT2D eigenvalue weighted by atomic mass is 10.2. The van der Waals surface area contributed by atoms with Crippen LogP contribution in [0.1, 0.15) is 5.56 Å². The summed E-state index contributed by atoms with van der Waals surface area (Å²) in [4.78, 5) is 11.8. The maximum absolute atomic E-state index is 11.8. The lowest BCUT2D eigenvalue weighted by Crippen LogP contribution is -2.29. The molecule has 21 heavy (non-hydrogen) atoms. The summed E-state index contributed by atoms with van der Waals surface area (Å²) in [5.74, 6) is 0.732. The Balaban J connectivity index is 1.75. The van der Waals surface area contributed by atoms with E-state index in [1.807, 2.05) is 36.4 Å². The van der Waals surface area contributed by atoms with Crippen molar-refractivity contribution in [3.05, 3.63) is 59.1 Å². The molecule has 0 aromatic heterocycles. The van der Waals surface area contributed by atoms with E-state index in [9.17, 15) is 4.79 Å². The molecule has 2 aromatic carbocycles. The third kappa shape index (κ3) is 5.00. The van der Waals surface area contributed by atoms with Gasteiger partial charge in [-0.05, 0) is 42.0 Å². The van der Waals surface area contributed by atoms with Crippen molar-refractivity contribution in [3.63, 3.8) is 0 Å². The van der Waals surface area contributed by atoms with Gasteiger partial charge in [0.05, 0.1) is 13.7 Å². The van der Waals surface area contributed by atoms with E-state index in [1.54, 1.807) is 19.2 Å². The van der Waals surface area contributed by atoms with Crippen molar-refractivity contribution in [1.29, 1.82) is 0 Å². The van der Waals surface area contributed by atoms with E-state index in [0.717, 1.165) is 17.0 Å². The summed E-state index contributed by atoms with van der Waals surface area (Å²) in [6, 6.07) is 14.8. The van der Waals surface area contributed by atoms with Crippen LogP contribution in [0.5, 0.6) is 5.75 Å². The largest absolute Gasteiger partial charge is 0.497 e. The second kappa shape index (κ2) is 7.55.